The van der Waals surface area contributed by atoms with Gasteiger partial charge < -0.3 is 18.9 Å². The van der Waals surface area contributed by atoms with Crippen molar-refractivity contribution in [1.29, 1.82) is 0 Å². The molecule has 0 saturated carbocycles. The molecule has 16 nitrogen and oxygen atoms in total. The van der Waals surface area contributed by atoms with Crippen LogP contribution >= 0.6 is 46.4 Å². The first-order chi connectivity index (χ1) is 22.4. The number of ether oxygens (including phenoxy) is 4. The molecule has 0 amide bonds. The number of carbonyl (C=O) groups is 4. The molecule has 4 unspecified atom stereocenters. The predicted octanol–water partition coefficient (Wildman–Crippen LogP) is 0.314. The summed E-state index contributed by atoms with van der Waals surface area (Å²) < 4.78 is 120. The Hall–Kier alpha value is -1.16. The molecule has 0 aromatic carbocycles. The van der Waals surface area contributed by atoms with E-state index >= 15 is 0 Å². The summed E-state index contributed by atoms with van der Waals surface area (Å²) in [6.07, 6.45) is 0. The van der Waals surface area contributed by atoms with Crippen LogP contribution in [0.5, 0.6) is 0 Å². The second-order valence-electron chi connectivity index (χ2n) is 10.7. The topological polar surface area (TPSA) is 242 Å². The van der Waals surface area contributed by atoms with Gasteiger partial charge in [-0.1, -0.05) is 0 Å². The van der Waals surface area contributed by atoms with Crippen LogP contribution in [0.15, 0.2) is 0 Å². The van der Waals surface area contributed by atoms with Crippen LogP contribution in [0.1, 0.15) is 27.7 Å². The van der Waals surface area contributed by atoms with E-state index < -0.39 is 139 Å². The lowest BCUT2D eigenvalue weighted by Crippen LogP contribution is -2.47. The van der Waals surface area contributed by atoms with E-state index in [0.717, 1.165) is 27.7 Å². The zero-order valence-corrected chi connectivity index (χ0v) is 33.3. The largest absolute Gasteiger partial charge is 0.464 e. The van der Waals surface area contributed by atoms with E-state index in [1.54, 1.807) is 0 Å². The first-order valence-corrected chi connectivity index (χ1v) is 23.2. The number of carbonyl (C=O) groups excluding carboxylic acids is 4. The summed E-state index contributed by atoms with van der Waals surface area (Å²) in [5.74, 6) is -9.50. The molecule has 0 radical (unpaired) electrons. The minimum Gasteiger partial charge on any atom is -0.464 e. The molecule has 24 heteroatoms. The molecule has 0 rings (SSSR count). The summed E-state index contributed by atoms with van der Waals surface area (Å²) in [5, 5.41) is -7.23. The number of hydrogen-bond donors (Lipinski definition) is 0. The van der Waals surface area contributed by atoms with Crippen LogP contribution in [0.2, 0.25) is 0 Å². The molecule has 0 saturated heterocycles. The number of halogens is 4. The average Bonchev–Trinajstić information content (AvgIpc) is 3.01. The van der Waals surface area contributed by atoms with Gasteiger partial charge in [-0.3, -0.25) is 19.2 Å². The molecule has 4 atom stereocenters. The Morgan fingerprint density at radius 3 is 0.735 bits per heavy atom. The second kappa shape index (κ2) is 20.8. The molecule has 0 fully saturated rings. The molecule has 0 heterocycles. The zero-order chi connectivity index (χ0) is 38.4. The Morgan fingerprint density at radius 1 is 0.429 bits per heavy atom. The van der Waals surface area contributed by atoms with Crippen molar-refractivity contribution >= 4 is 110 Å². The van der Waals surface area contributed by atoms with E-state index in [1.165, 1.54) is 0 Å². The van der Waals surface area contributed by atoms with Gasteiger partial charge in [0.25, 0.3) is 0 Å². The summed E-state index contributed by atoms with van der Waals surface area (Å²) in [6, 6.07) is 0. The molecule has 0 spiro atoms. The maximum Gasteiger partial charge on any atom is 0.324 e. The molecular formula is C25H40Cl4O16S4. The average molecular weight is 867 g/mol. The monoisotopic (exact) mass is 864 g/mol. The van der Waals surface area contributed by atoms with Crippen LogP contribution in [0.4, 0.5) is 0 Å². The van der Waals surface area contributed by atoms with Gasteiger partial charge in [-0.15, -0.1) is 46.4 Å². The van der Waals surface area contributed by atoms with E-state index in [1.807, 2.05) is 0 Å². The molecule has 0 aliphatic rings. The molecule has 0 aromatic rings. The maximum absolute atomic E-state index is 12.8. The van der Waals surface area contributed by atoms with E-state index in [9.17, 15) is 52.8 Å². The van der Waals surface area contributed by atoms with Gasteiger partial charge in [0, 0.05) is 23.5 Å². The molecule has 0 N–H and O–H groups in total. The van der Waals surface area contributed by atoms with Crippen LogP contribution in [0, 0.1) is 5.41 Å². The Morgan fingerprint density at radius 2 is 0.592 bits per heavy atom. The maximum atomic E-state index is 12.8. The van der Waals surface area contributed by atoms with E-state index in [4.69, 9.17) is 65.4 Å². The summed E-state index contributed by atoms with van der Waals surface area (Å²) in [4.78, 5) is 51.3. The highest BCUT2D eigenvalue weighted by molar-refractivity contribution is 7.93. The number of sulfone groups is 4. The Kier molecular flexibility index (Phi) is 20.3. The first kappa shape index (κ1) is 47.8. The normalized spacial score (nSPS) is 16.3. The van der Waals surface area contributed by atoms with Crippen LogP contribution < -0.4 is 0 Å². The molecule has 288 valence electrons. The van der Waals surface area contributed by atoms with Gasteiger partial charge in [-0.2, -0.15) is 0 Å². The Bertz CT molecular complexity index is 1340. The van der Waals surface area contributed by atoms with Gasteiger partial charge in [0.2, 0.25) is 0 Å². The highest BCUT2D eigenvalue weighted by Crippen LogP contribution is 2.24. The number of hydrogen-bond acceptors (Lipinski definition) is 16. The highest BCUT2D eigenvalue weighted by Gasteiger charge is 2.43. The standard InChI is InChI=1S/C25H40Cl4O16S4/c1-17(46(34,35)9-5-26)21(30)42-13-25(14-43-22(31)18(2)47(36,37)10-6-27,15-44-23(32)19(3)48(38,39)11-7-28)16-45-24(33)20(4)49(40,41)12-8-29/h17-20H,5-16H2,1-4H3. The molecule has 0 aliphatic carbocycles. The van der Waals surface area contributed by atoms with Gasteiger partial charge in [0.05, 0.1) is 23.0 Å². The van der Waals surface area contributed by atoms with Crippen molar-refractivity contribution in [3.8, 4) is 0 Å². The zero-order valence-electron chi connectivity index (χ0n) is 27.0. The van der Waals surface area contributed by atoms with Gasteiger partial charge >= 0.3 is 23.9 Å². The van der Waals surface area contributed by atoms with Gasteiger partial charge in [0.1, 0.15) is 31.8 Å². The van der Waals surface area contributed by atoms with Crippen LogP contribution in [-0.4, -0.2) is 152 Å². The predicted molar refractivity (Wildman–Crippen MR) is 182 cm³/mol. The fraction of sp³-hybridized carbons (Fsp3) is 0.840. The fourth-order valence-electron chi connectivity index (χ4n) is 3.34. The number of alkyl halides is 4. The first-order valence-electron chi connectivity index (χ1n) is 14.2. The minimum absolute atomic E-state index is 0.369. The third-order valence-electron chi connectivity index (χ3n) is 7.01. The summed E-state index contributed by atoms with van der Waals surface area (Å²) >= 11 is 22.0. The molecule has 0 bridgehead atoms. The summed E-state index contributed by atoms with van der Waals surface area (Å²) in [6.45, 7) is -0.345. The van der Waals surface area contributed by atoms with Crippen molar-refractivity contribution in [3.63, 3.8) is 0 Å². The van der Waals surface area contributed by atoms with Crippen molar-refractivity contribution in [3.05, 3.63) is 0 Å². The van der Waals surface area contributed by atoms with Crippen LogP contribution in [0.3, 0.4) is 0 Å². The lowest BCUT2D eigenvalue weighted by Gasteiger charge is -2.33. The molecule has 0 aliphatic heterocycles. The summed E-state index contributed by atoms with van der Waals surface area (Å²) in [5.41, 5.74) is -2.20. The van der Waals surface area contributed by atoms with Gasteiger partial charge in [0.15, 0.2) is 60.3 Å². The SMILES string of the molecule is CC(C(=O)OCC(COC(=O)C(C)S(=O)(=O)CCCl)(COC(=O)C(C)S(=O)(=O)CCCl)COC(=O)C(C)S(=O)(=O)CCCl)S(=O)(=O)CCCl. The van der Waals surface area contributed by atoms with Crippen molar-refractivity contribution in [1.82, 2.24) is 0 Å². The quantitative estimate of drug-likeness (QED) is 0.0721. The number of rotatable bonds is 24. The lowest BCUT2D eigenvalue weighted by molar-refractivity contribution is -0.169. The third kappa shape index (κ3) is 15.2. The van der Waals surface area contributed by atoms with Crippen molar-refractivity contribution in [2.24, 2.45) is 5.41 Å². The van der Waals surface area contributed by atoms with Crippen LogP contribution in [-0.2, 0) is 77.5 Å². The van der Waals surface area contributed by atoms with Crippen molar-refractivity contribution in [2.45, 2.75) is 48.7 Å². The van der Waals surface area contributed by atoms with Gasteiger partial charge in [-0.05, 0) is 27.7 Å². The minimum atomic E-state index is -4.15. The smallest absolute Gasteiger partial charge is 0.324 e. The van der Waals surface area contributed by atoms with Crippen LogP contribution in [0.25, 0.3) is 0 Å². The van der Waals surface area contributed by atoms with Gasteiger partial charge in [-0.25, -0.2) is 33.7 Å². The van der Waals surface area contributed by atoms with Crippen molar-refractivity contribution < 1.29 is 71.8 Å². The fourth-order valence-corrected chi connectivity index (χ4v) is 9.64. The number of esters is 4. The third-order valence-corrected chi connectivity index (χ3v) is 16.8. The highest BCUT2D eigenvalue weighted by atomic mass is 35.5. The Balaban J connectivity index is 6.84. The van der Waals surface area contributed by atoms with Crippen molar-refractivity contribution in [2.75, 3.05) is 73.0 Å². The Labute approximate surface area is 306 Å². The summed E-state index contributed by atoms with van der Waals surface area (Å²) in [7, 11) is -16.6. The molecule has 49 heavy (non-hydrogen) atoms. The lowest BCUT2D eigenvalue weighted by atomic mass is 9.92. The molecular weight excluding hydrogens is 826 g/mol. The van der Waals surface area contributed by atoms with E-state index in [0.29, 0.717) is 0 Å². The second-order valence-corrected chi connectivity index (χ2v) is 22.0. The molecule has 0 aromatic heterocycles. The van der Waals surface area contributed by atoms with E-state index in [-0.39, 0.29) is 23.5 Å². The van der Waals surface area contributed by atoms with E-state index in [2.05, 4.69) is 0 Å².